The molecule has 1 atom stereocenters. The summed E-state index contributed by atoms with van der Waals surface area (Å²) >= 11 is 1.70. The highest BCUT2D eigenvalue weighted by Crippen LogP contribution is 2.29. The Morgan fingerprint density at radius 3 is 2.65 bits per heavy atom. The molecule has 1 aliphatic carbocycles. The van der Waals surface area contributed by atoms with E-state index in [0.29, 0.717) is 0 Å². The van der Waals surface area contributed by atoms with Crippen LogP contribution in [0.4, 0.5) is 0 Å². The Morgan fingerprint density at radius 2 is 2.24 bits per heavy atom. The summed E-state index contributed by atoms with van der Waals surface area (Å²) in [6.07, 6.45) is 4.21. The zero-order chi connectivity index (χ0) is 12.4. The van der Waals surface area contributed by atoms with Gasteiger partial charge in [-0.3, -0.25) is 4.79 Å². The maximum absolute atomic E-state index is 11.9. The normalized spacial score (nSPS) is 17.6. The van der Waals surface area contributed by atoms with Gasteiger partial charge in [-0.1, -0.05) is 13.3 Å². The second-order valence-corrected chi connectivity index (χ2v) is 6.03. The minimum absolute atomic E-state index is 0.0977. The summed E-state index contributed by atoms with van der Waals surface area (Å²) in [7, 11) is 0. The highest BCUT2D eigenvalue weighted by molar-refractivity contribution is 7.11. The molecule has 0 aromatic carbocycles. The van der Waals surface area contributed by atoms with E-state index in [-0.39, 0.29) is 17.9 Å². The molecular formula is C13H20N2OS. The molecule has 3 nitrogen and oxygen atoms in total. The smallest absolute Gasteiger partial charge is 0.223 e. The average molecular weight is 252 g/mol. The molecule has 0 saturated heterocycles. The average Bonchev–Trinajstić information content (AvgIpc) is 2.53. The van der Waals surface area contributed by atoms with Crippen molar-refractivity contribution in [3.8, 4) is 0 Å². The number of nitrogens with zero attached hydrogens (tertiary/aromatic N) is 1. The van der Waals surface area contributed by atoms with E-state index in [2.05, 4.69) is 24.1 Å². The minimum atomic E-state index is 0.0977. The van der Waals surface area contributed by atoms with Crippen LogP contribution in [0.1, 0.15) is 54.2 Å². The van der Waals surface area contributed by atoms with E-state index >= 15 is 0 Å². The van der Waals surface area contributed by atoms with Crippen molar-refractivity contribution in [2.45, 2.75) is 52.5 Å². The first-order chi connectivity index (χ1) is 8.11. The Balaban J connectivity index is 2.02. The molecule has 4 heteroatoms. The summed E-state index contributed by atoms with van der Waals surface area (Å²) in [4.78, 5) is 17.7. The van der Waals surface area contributed by atoms with E-state index in [1.54, 1.807) is 11.3 Å². The third kappa shape index (κ3) is 2.68. The molecule has 1 fully saturated rings. The predicted molar refractivity (Wildman–Crippen MR) is 70.1 cm³/mol. The lowest BCUT2D eigenvalue weighted by atomic mass is 9.84. The van der Waals surface area contributed by atoms with E-state index in [9.17, 15) is 4.79 Å². The summed E-state index contributed by atoms with van der Waals surface area (Å²) in [5.41, 5.74) is 1.08. The van der Waals surface area contributed by atoms with Crippen molar-refractivity contribution in [1.82, 2.24) is 10.3 Å². The van der Waals surface area contributed by atoms with E-state index in [1.165, 1.54) is 11.3 Å². The molecule has 1 aliphatic rings. The summed E-state index contributed by atoms with van der Waals surface area (Å²) in [5.74, 6) is 0.472. The first kappa shape index (κ1) is 12.6. The molecule has 1 aromatic rings. The summed E-state index contributed by atoms with van der Waals surface area (Å²) in [6, 6.07) is 0.0977. The third-order valence-corrected chi connectivity index (χ3v) is 4.73. The fourth-order valence-corrected chi connectivity index (χ4v) is 3.00. The highest BCUT2D eigenvalue weighted by Gasteiger charge is 2.27. The van der Waals surface area contributed by atoms with Gasteiger partial charge < -0.3 is 5.32 Å². The van der Waals surface area contributed by atoms with Crippen LogP contribution in [0.2, 0.25) is 0 Å². The quantitative estimate of drug-likeness (QED) is 0.894. The SMILES string of the molecule is CC[C@H](NC(=O)C1CCC1)c1nc(C)c(C)s1. The largest absolute Gasteiger partial charge is 0.347 e. The number of amides is 1. The van der Waals surface area contributed by atoms with Crippen molar-refractivity contribution in [1.29, 1.82) is 0 Å². The maximum atomic E-state index is 11.9. The minimum Gasteiger partial charge on any atom is -0.347 e. The molecule has 2 rings (SSSR count). The Morgan fingerprint density at radius 1 is 1.53 bits per heavy atom. The second kappa shape index (κ2) is 5.17. The molecule has 0 aliphatic heterocycles. The molecule has 0 radical (unpaired) electrons. The van der Waals surface area contributed by atoms with Crippen molar-refractivity contribution in [3.63, 3.8) is 0 Å². The fourth-order valence-electron chi connectivity index (χ4n) is 1.95. The van der Waals surface area contributed by atoms with Gasteiger partial charge in [-0.15, -0.1) is 11.3 Å². The predicted octanol–water partition coefficient (Wildman–Crippen LogP) is 3.13. The molecule has 0 bridgehead atoms. The summed E-state index contributed by atoms with van der Waals surface area (Å²) < 4.78 is 0. The van der Waals surface area contributed by atoms with Crippen molar-refractivity contribution >= 4 is 17.2 Å². The van der Waals surface area contributed by atoms with Gasteiger partial charge in [-0.25, -0.2) is 4.98 Å². The van der Waals surface area contributed by atoms with Gasteiger partial charge >= 0.3 is 0 Å². The van der Waals surface area contributed by atoms with Gasteiger partial charge in [0.25, 0.3) is 0 Å². The summed E-state index contributed by atoms with van der Waals surface area (Å²) in [6.45, 7) is 6.20. The van der Waals surface area contributed by atoms with Gasteiger partial charge in [0, 0.05) is 10.8 Å². The lowest BCUT2D eigenvalue weighted by Gasteiger charge is -2.26. The van der Waals surface area contributed by atoms with Gasteiger partial charge in [0.15, 0.2) is 0 Å². The van der Waals surface area contributed by atoms with Crippen LogP contribution in [-0.4, -0.2) is 10.9 Å². The first-order valence-electron chi connectivity index (χ1n) is 6.36. The monoisotopic (exact) mass is 252 g/mol. The number of carbonyl (C=O) groups is 1. The van der Waals surface area contributed by atoms with E-state index in [4.69, 9.17) is 0 Å². The molecule has 94 valence electrons. The topological polar surface area (TPSA) is 42.0 Å². The summed E-state index contributed by atoms with van der Waals surface area (Å²) in [5, 5.41) is 4.19. The standard InChI is InChI=1S/C13H20N2OS/c1-4-11(13-14-8(2)9(3)17-13)15-12(16)10-6-5-7-10/h10-11H,4-7H2,1-3H3,(H,15,16)/t11-/m0/s1. The molecule has 0 spiro atoms. The van der Waals surface area contributed by atoms with Gasteiger partial charge in [0.1, 0.15) is 5.01 Å². The second-order valence-electron chi connectivity index (χ2n) is 4.79. The Labute approximate surface area is 107 Å². The van der Waals surface area contributed by atoms with E-state index < -0.39 is 0 Å². The number of thiazole rings is 1. The van der Waals surface area contributed by atoms with Crippen LogP contribution in [0.25, 0.3) is 0 Å². The highest BCUT2D eigenvalue weighted by atomic mass is 32.1. The Kier molecular flexibility index (Phi) is 3.82. The first-order valence-corrected chi connectivity index (χ1v) is 7.17. The zero-order valence-corrected chi connectivity index (χ0v) is 11.6. The fraction of sp³-hybridized carbons (Fsp3) is 0.692. The van der Waals surface area contributed by atoms with Gasteiger partial charge in [-0.05, 0) is 33.1 Å². The van der Waals surface area contributed by atoms with E-state index in [0.717, 1.165) is 30.0 Å². The van der Waals surface area contributed by atoms with Gasteiger partial charge in [0.05, 0.1) is 11.7 Å². The third-order valence-electron chi connectivity index (χ3n) is 3.54. The number of nitrogens with one attached hydrogen (secondary N) is 1. The number of carbonyl (C=O) groups excluding carboxylic acids is 1. The van der Waals surface area contributed by atoms with Crippen molar-refractivity contribution in [2.24, 2.45) is 5.92 Å². The molecule has 1 saturated carbocycles. The Hall–Kier alpha value is -0.900. The number of hydrogen-bond acceptors (Lipinski definition) is 3. The molecule has 1 amide bonds. The lowest BCUT2D eigenvalue weighted by molar-refractivity contribution is -0.128. The molecule has 1 aromatic heterocycles. The van der Waals surface area contributed by atoms with Crippen LogP contribution in [0.15, 0.2) is 0 Å². The maximum Gasteiger partial charge on any atom is 0.223 e. The molecule has 1 heterocycles. The van der Waals surface area contributed by atoms with Crippen LogP contribution in [0, 0.1) is 19.8 Å². The molecular weight excluding hydrogens is 232 g/mol. The molecule has 0 unspecified atom stereocenters. The Bertz CT molecular complexity index is 390. The van der Waals surface area contributed by atoms with Crippen molar-refractivity contribution < 1.29 is 4.79 Å². The number of aromatic nitrogens is 1. The molecule has 17 heavy (non-hydrogen) atoms. The zero-order valence-electron chi connectivity index (χ0n) is 10.7. The van der Waals surface area contributed by atoms with Crippen molar-refractivity contribution in [3.05, 3.63) is 15.6 Å². The van der Waals surface area contributed by atoms with Gasteiger partial charge in [0.2, 0.25) is 5.91 Å². The van der Waals surface area contributed by atoms with Crippen LogP contribution >= 0.6 is 11.3 Å². The van der Waals surface area contributed by atoms with Crippen molar-refractivity contribution in [2.75, 3.05) is 0 Å². The number of aryl methyl sites for hydroxylation is 2. The van der Waals surface area contributed by atoms with Crippen LogP contribution in [-0.2, 0) is 4.79 Å². The van der Waals surface area contributed by atoms with Crippen LogP contribution < -0.4 is 5.32 Å². The lowest BCUT2D eigenvalue weighted by Crippen LogP contribution is -2.36. The van der Waals surface area contributed by atoms with E-state index in [1.807, 2.05) is 6.92 Å². The number of rotatable bonds is 4. The van der Waals surface area contributed by atoms with Crippen LogP contribution in [0.3, 0.4) is 0 Å². The van der Waals surface area contributed by atoms with Crippen LogP contribution in [0.5, 0.6) is 0 Å². The van der Waals surface area contributed by atoms with Gasteiger partial charge in [-0.2, -0.15) is 0 Å². The number of hydrogen-bond donors (Lipinski definition) is 1. The molecule has 1 N–H and O–H groups in total.